The van der Waals surface area contributed by atoms with Gasteiger partial charge in [0.1, 0.15) is 11.4 Å². The summed E-state index contributed by atoms with van der Waals surface area (Å²) in [5.41, 5.74) is 2.01. The number of ether oxygens (including phenoxy) is 1. The third-order valence-corrected chi connectivity index (χ3v) is 5.28. The van der Waals surface area contributed by atoms with Crippen LogP contribution >= 0.6 is 0 Å². The highest BCUT2D eigenvalue weighted by molar-refractivity contribution is 7.91. The van der Waals surface area contributed by atoms with Crippen molar-refractivity contribution in [3.63, 3.8) is 0 Å². The molecule has 6 heteroatoms. The van der Waals surface area contributed by atoms with Crippen molar-refractivity contribution in [1.82, 2.24) is 0 Å². The molecule has 1 fully saturated rings. The number of fused-ring (bicyclic) bond motifs is 3. The topological polar surface area (TPSA) is 58.6 Å². The zero-order chi connectivity index (χ0) is 12.8. The lowest BCUT2D eigenvalue weighted by atomic mass is 10.1. The number of benzene rings is 1. The van der Waals surface area contributed by atoms with Crippen LogP contribution in [0, 0.1) is 0 Å². The van der Waals surface area contributed by atoms with Crippen molar-refractivity contribution in [2.45, 2.75) is 6.04 Å². The Bertz CT molecular complexity index is 571. The summed E-state index contributed by atoms with van der Waals surface area (Å²) in [5.74, 6) is 1.27. The molecule has 18 heavy (non-hydrogen) atoms. The average molecular weight is 268 g/mol. The van der Waals surface area contributed by atoms with Crippen LogP contribution in [0.5, 0.6) is 5.75 Å². The van der Waals surface area contributed by atoms with Gasteiger partial charge >= 0.3 is 0 Å². The second-order valence-electron chi connectivity index (χ2n) is 4.70. The molecule has 1 N–H and O–H groups in total. The quantitative estimate of drug-likeness (QED) is 0.813. The van der Waals surface area contributed by atoms with Crippen LogP contribution in [0.15, 0.2) is 18.2 Å². The van der Waals surface area contributed by atoms with Crippen LogP contribution in [0.1, 0.15) is 0 Å². The van der Waals surface area contributed by atoms with Gasteiger partial charge in [0, 0.05) is 13.1 Å². The predicted molar refractivity (Wildman–Crippen MR) is 71.3 cm³/mol. The summed E-state index contributed by atoms with van der Waals surface area (Å²) in [6.07, 6.45) is 0. The SMILES string of the molecule is COc1cccc2c1NCC1CS(=O)(=O)CCN21. The van der Waals surface area contributed by atoms with Gasteiger partial charge in [-0.2, -0.15) is 0 Å². The number of methoxy groups -OCH3 is 1. The van der Waals surface area contributed by atoms with Gasteiger partial charge in [0.15, 0.2) is 9.84 Å². The summed E-state index contributed by atoms with van der Waals surface area (Å²) in [7, 11) is -1.24. The molecule has 0 aliphatic carbocycles. The monoisotopic (exact) mass is 268 g/mol. The summed E-state index contributed by atoms with van der Waals surface area (Å²) in [6, 6.07) is 5.88. The second-order valence-corrected chi connectivity index (χ2v) is 6.93. The smallest absolute Gasteiger partial charge is 0.154 e. The largest absolute Gasteiger partial charge is 0.495 e. The molecule has 0 spiro atoms. The number of rotatable bonds is 1. The fourth-order valence-corrected chi connectivity index (χ4v) is 4.22. The Morgan fingerprint density at radius 3 is 3.06 bits per heavy atom. The Morgan fingerprint density at radius 2 is 2.28 bits per heavy atom. The molecule has 2 aliphatic heterocycles. The molecule has 2 aliphatic rings. The first-order valence-electron chi connectivity index (χ1n) is 5.99. The molecule has 1 atom stereocenters. The Labute approximate surface area is 107 Å². The zero-order valence-electron chi connectivity index (χ0n) is 10.2. The van der Waals surface area contributed by atoms with Gasteiger partial charge in [-0.15, -0.1) is 0 Å². The molecule has 1 aromatic carbocycles. The Hall–Kier alpha value is -1.43. The molecule has 1 unspecified atom stereocenters. The van der Waals surface area contributed by atoms with Crippen LogP contribution in [0.25, 0.3) is 0 Å². The summed E-state index contributed by atoms with van der Waals surface area (Å²) in [4.78, 5) is 2.18. The molecule has 3 rings (SSSR count). The molecular formula is C12H16N2O3S. The van der Waals surface area contributed by atoms with Crippen molar-refractivity contribution in [1.29, 1.82) is 0 Å². The third kappa shape index (κ3) is 1.80. The average Bonchev–Trinajstić information content (AvgIpc) is 2.36. The van der Waals surface area contributed by atoms with E-state index in [0.717, 1.165) is 17.1 Å². The molecule has 98 valence electrons. The molecule has 0 saturated carbocycles. The molecule has 1 saturated heterocycles. The molecule has 2 heterocycles. The molecular weight excluding hydrogens is 252 g/mol. The van der Waals surface area contributed by atoms with Gasteiger partial charge in [-0.1, -0.05) is 6.07 Å². The highest BCUT2D eigenvalue weighted by Gasteiger charge is 2.35. The van der Waals surface area contributed by atoms with E-state index in [1.165, 1.54) is 0 Å². The first kappa shape index (κ1) is 11.6. The van der Waals surface area contributed by atoms with E-state index >= 15 is 0 Å². The van der Waals surface area contributed by atoms with Crippen LogP contribution in [-0.2, 0) is 9.84 Å². The summed E-state index contributed by atoms with van der Waals surface area (Å²) in [5, 5.41) is 3.29. The fraction of sp³-hybridized carbons (Fsp3) is 0.500. The van der Waals surface area contributed by atoms with Gasteiger partial charge in [0.05, 0.1) is 30.3 Å². The highest BCUT2D eigenvalue weighted by atomic mass is 32.2. The minimum Gasteiger partial charge on any atom is -0.495 e. The number of nitrogens with zero attached hydrogens (tertiary/aromatic N) is 1. The van der Waals surface area contributed by atoms with Crippen LogP contribution in [0.3, 0.4) is 0 Å². The van der Waals surface area contributed by atoms with E-state index in [0.29, 0.717) is 13.1 Å². The van der Waals surface area contributed by atoms with Gasteiger partial charge in [-0.05, 0) is 12.1 Å². The number of nitrogens with one attached hydrogen (secondary N) is 1. The van der Waals surface area contributed by atoms with E-state index in [1.807, 2.05) is 18.2 Å². The van der Waals surface area contributed by atoms with E-state index in [-0.39, 0.29) is 17.5 Å². The highest BCUT2D eigenvalue weighted by Crippen LogP contribution is 2.39. The van der Waals surface area contributed by atoms with Gasteiger partial charge in [0.25, 0.3) is 0 Å². The predicted octanol–water partition coefficient (Wildman–Crippen LogP) is 0.724. The first-order chi connectivity index (χ1) is 8.61. The number of anilines is 2. The number of para-hydroxylation sites is 1. The first-order valence-corrected chi connectivity index (χ1v) is 7.81. The lowest BCUT2D eigenvalue weighted by Gasteiger charge is -2.42. The minimum absolute atomic E-state index is 0.0309. The van der Waals surface area contributed by atoms with Crippen molar-refractivity contribution < 1.29 is 13.2 Å². The third-order valence-electron chi connectivity index (χ3n) is 3.58. The minimum atomic E-state index is -2.88. The number of hydrogen-bond donors (Lipinski definition) is 1. The van der Waals surface area contributed by atoms with E-state index in [4.69, 9.17) is 4.74 Å². The molecule has 0 bridgehead atoms. The van der Waals surface area contributed by atoms with Gasteiger partial charge in [-0.25, -0.2) is 8.42 Å². The molecule has 0 radical (unpaired) electrons. The Kier molecular flexibility index (Phi) is 2.62. The Morgan fingerprint density at radius 1 is 1.44 bits per heavy atom. The number of hydrogen-bond acceptors (Lipinski definition) is 5. The van der Waals surface area contributed by atoms with Gasteiger partial charge in [-0.3, -0.25) is 0 Å². The summed E-state index contributed by atoms with van der Waals surface area (Å²) in [6.45, 7) is 1.21. The van der Waals surface area contributed by atoms with Crippen molar-refractivity contribution in [2.75, 3.05) is 41.9 Å². The van der Waals surface area contributed by atoms with Crippen LogP contribution in [-0.4, -0.2) is 46.2 Å². The molecule has 1 aromatic rings. The van der Waals surface area contributed by atoms with Crippen molar-refractivity contribution in [3.05, 3.63) is 18.2 Å². The lowest BCUT2D eigenvalue weighted by Crippen LogP contribution is -2.54. The summed E-state index contributed by atoms with van der Waals surface area (Å²) >= 11 is 0. The molecule has 0 amide bonds. The normalized spacial score (nSPS) is 24.7. The maximum absolute atomic E-state index is 11.7. The van der Waals surface area contributed by atoms with Crippen LogP contribution in [0.4, 0.5) is 11.4 Å². The van der Waals surface area contributed by atoms with Gasteiger partial charge in [0.2, 0.25) is 0 Å². The Balaban J connectivity index is 2.00. The fourth-order valence-electron chi connectivity index (χ4n) is 2.70. The standard InChI is InChI=1S/C12H16N2O3S/c1-17-11-4-2-3-10-12(11)13-7-9-8-18(15,16)6-5-14(9)10/h2-4,9,13H,5-8H2,1H3. The molecule has 0 aromatic heterocycles. The zero-order valence-corrected chi connectivity index (χ0v) is 11.0. The lowest BCUT2D eigenvalue weighted by molar-refractivity contribution is 0.415. The van der Waals surface area contributed by atoms with E-state index < -0.39 is 9.84 Å². The molecule has 5 nitrogen and oxygen atoms in total. The van der Waals surface area contributed by atoms with Crippen molar-refractivity contribution >= 4 is 21.2 Å². The van der Waals surface area contributed by atoms with E-state index in [2.05, 4.69) is 10.2 Å². The number of sulfone groups is 1. The maximum Gasteiger partial charge on any atom is 0.154 e. The van der Waals surface area contributed by atoms with Crippen LogP contribution in [0.2, 0.25) is 0 Å². The second kappa shape index (κ2) is 4.05. The summed E-state index contributed by atoms with van der Waals surface area (Å²) < 4.78 is 28.6. The van der Waals surface area contributed by atoms with Crippen molar-refractivity contribution in [3.8, 4) is 5.75 Å². The maximum atomic E-state index is 11.7. The van der Waals surface area contributed by atoms with Gasteiger partial charge < -0.3 is 15.0 Å². The van der Waals surface area contributed by atoms with Crippen LogP contribution < -0.4 is 15.0 Å². The van der Waals surface area contributed by atoms with Crippen molar-refractivity contribution in [2.24, 2.45) is 0 Å². The van der Waals surface area contributed by atoms with E-state index in [9.17, 15) is 8.42 Å². The van der Waals surface area contributed by atoms with E-state index in [1.54, 1.807) is 7.11 Å².